The van der Waals surface area contributed by atoms with E-state index >= 15 is 0 Å². The second-order valence-electron chi connectivity index (χ2n) is 3.95. The number of nitrogens with zero attached hydrogens (tertiary/aromatic N) is 2. The zero-order valence-electron chi connectivity index (χ0n) is 8.39. The molecule has 0 saturated carbocycles. The van der Waals surface area contributed by atoms with Crippen molar-refractivity contribution in [3.8, 4) is 0 Å². The molecule has 1 fully saturated rings. The van der Waals surface area contributed by atoms with E-state index in [1.54, 1.807) is 0 Å². The molecule has 1 aromatic rings. The van der Waals surface area contributed by atoms with Crippen LogP contribution < -0.4 is 0 Å². The van der Waals surface area contributed by atoms with E-state index in [0.717, 1.165) is 19.4 Å². The first-order valence-corrected chi connectivity index (χ1v) is 4.77. The molecule has 1 aliphatic rings. The summed E-state index contributed by atoms with van der Waals surface area (Å²) in [6.45, 7) is 3.16. The Kier molecular flexibility index (Phi) is 2.44. The molecule has 0 aromatic carbocycles. The van der Waals surface area contributed by atoms with Crippen LogP contribution in [0.4, 0.5) is 0 Å². The minimum Gasteiger partial charge on any atom is -0.475 e. The third-order valence-electron chi connectivity index (χ3n) is 2.57. The van der Waals surface area contributed by atoms with Crippen LogP contribution in [0.2, 0.25) is 0 Å². The van der Waals surface area contributed by atoms with Gasteiger partial charge in [0.1, 0.15) is 0 Å². The Hall–Kier alpha value is -1.43. The molecule has 0 aliphatic carbocycles. The van der Waals surface area contributed by atoms with Crippen molar-refractivity contribution in [2.75, 3.05) is 13.2 Å². The Bertz CT molecular complexity index is 368. The van der Waals surface area contributed by atoms with Crippen molar-refractivity contribution in [3.05, 3.63) is 11.7 Å². The second-order valence-corrected chi connectivity index (χ2v) is 3.95. The topological polar surface area (TPSA) is 85.5 Å². The molecule has 0 radical (unpaired) electrons. The van der Waals surface area contributed by atoms with Gasteiger partial charge in [0.15, 0.2) is 0 Å². The summed E-state index contributed by atoms with van der Waals surface area (Å²) in [4.78, 5) is 14.4. The van der Waals surface area contributed by atoms with E-state index in [0.29, 0.717) is 12.5 Å². The number of aromatic nitrogens is 2. The summed E-state index contributed by atoms with van der Waals surface area (Å²) in [5.41, 5.74) is -0.348. The molecule has 1 aromatic heterocycles. The molecule has 0 bridgehead atoms. The Labute approximate surface area is 86.2 Å². The normalized spacial score (nSPS) is 26.5. The Morgan fingerprint density at radius 3 is 2.93 bits per heavy atom. The first-order chi connectivity index (χ1) is 7.12. The number of hydrogen-bond acceptors (Lipinski definition) is 5. The van der Waals surface area contributed by atoms with E-state index in [4.69, 9.17) is 14.4 Å². The van der Waals surface area contributed by atoms with Gasteiger partial charge in [0.25, 0.3) is 5.82 Å². The summed E-state index contributed by atoms with van der Waals surface area (Å²) in [5, 5.41) is 12.1. The lowest BCUT2D eigenvalue weighted by molar-refractivity contribution is 0.0282. The maximum absolute atomic E-state index is 10.6. The van der Waals surface area contributed by atoms with Gasteiger partial charge in [0.2, 0.25) is 5.89 Å². The van der Waals surface area contributed by atoms with Gasteiger partial charge in [-0.15, -0.1) is 0 Å². The first-order valence-electron chi connectivity index (χ1n) is 4.77. The summed E-state index contributed by atoms with van der Waals surface area (Å²) in [6.07, 6.45) is 1.79. The van der Waals surface area contributed by atoms with E-state index in [1.165, 1.54) is 0 Å². The zero-order valence-corrected chi connectivity index (χ0v) is 8.39. The molecule has 1 N–H and O–H groups in total. The molecule has 15 heavy (non-hydrogen) atoms. The van der Waals surface area contributed by atoms with Crippen LogP contribution in [0.5, 0.6) is 0 Å². The third-order valence-corrected chi connectivity index (χ3v) is 2.57. The monoisotopic (exact) mass is 212 g/mol. The van der Waals surface area contributed by atoms with Crippen molar-refractivity contribution in [1.29, 1.82) is 0 Å². The minimum atomic E-state index is -1.18. The molecule has 0 spiro atoms. The first kappa shape index (κ1) is 10.1. The highest BCUT2D eigenvalue weighted by Gasteiger charge is 2.36. The molecule has 1 aliphatic heterocycles. The third kappa shape index (κ3) is 1.85. The van der Waals surface area contributed by atoms with E-state index in [1.807, 2.05) is 6.92 Å². The van der Waals surface area contributed by atoms with Gasteiger partial charge in [0, 0.05) is 6.61 Å². The summed E-state index contributed by atoms with van der Waals surface area (Å²) in [5.74, 6) is -1.12. The Balaban J connectivity index is 2.23. The van der Waals surface area contributed by atoms with Crippen molar-refractivity contribution in [2.45, 2.75) is 25.2 Å². The second kappa shape index (κ2) is 3.62. The van der Waals surface area contributed by atoms with Crippen LogP contribution >= 0.6 is 0 Å². The van der Waals surface area contributed by atoms with Gasteiger partial charge in [-0.2, -0.15) is 4.98 Å². The lowest BCUT2D eigenvalue weighted by Gasteiger charge is -2.29. The minimum absolute atomic E-state index is 0.295. The largest absolute Gasteiger partial charge is 0.475 e. The number of aromatic carboxylic acids is 1. The summed E-state index contributed by atoms with van der Waals surface area (Å²) in [6, 6.07) is 0. The predicted octanol–water partition coefficient (Wildman–Crippen LogP) is 0.836. The maximum atomic E-state index is 10.6. The molecule has 1 atom stereocenters. The van der Waals surface area contributed by atoms with E-state index in [-0.39, 0.29) is 11.2 Å². The van der Waals surface area contributed by atoms with Crippen LogP contribution in [-0.2, 0) is 10.2 Å². The van der Waals surface area contributed by atoms with E-state index < -0.39 is 5.97 Å². The summed E-state index contributed by atoms with van der Waals surface area (Å²) in [7, 11) is 0. The lowest BCUT2D eigenvalue weighted by Crippen LogP contribution is -2.33. The average molecular weight is 212 g/mol. The van der Waals surface area contributed by atoms with Crippen LogP contribution in [0.25, 0.3) is 0 Å². The van der Waals surface area contributed by atoms with Gasteiger partial charge in [-0.1, -0.05) is 0 Å². The zero-order chi connectivity index (χ0) is 10.9. The van der Waals surface area contributed by atoms with Crippen molar-refractivity contribution >= 4 is 5.97 Å². The Morgan fingerprint density at radius 2 is 2.40 bits per heavy atom. The average Bonchev–Trinajstić information content (AvgIpc) is 2.68. The van der Waals surface area contributed by atoms with Crippen LogP contribution in [0, 0.1) is 0 Å². The van der Waals surface area contributed by atoms with E-state index in [9.17, 15) is 4.79 Å². The highest BCUT2D eigenvalue weighted by atomic mass is 16.5. The van der Waals surface area contributed by atoms with Gasteiger partial charge < -0.3 is 14.4 Å². The standard InChI is InChI=1S/C9H12N2O4/c1-9(3-2-4-14-5-9)8-10-6(7(12)13)11-15-8/h2-5H2,1H3,(H,12,13). The SMILES string of the molecule is CC1(c2nc(C(=O)O)no2)CCCOC1. The molecule has 1 saturated heterocycles. The molecule has 2 heterocycles. The molecule has 1 unspecified atom stereocenters. The Morgan fingerprint density at radius 1 is 1.60 bits per heavy atom. The highest BCUT2D eigenvalue weighted by molar-refractivity contribution is 5.82. The number of carboxylic acid groups (broad SMARTS) is 1. The predicted molar refractivity (Wildman–Crippen MR) is 48.7 cm³/mol. The number of ether oxygens (including phenoxy) is 1. The number of hydrogen-bond donors (Lipinski definition) is 1. The molecular formula is C9H12N2O4. The van der Waals surface area contributed by atoms with Crippen molar-refractivity contribution in [3.63, 3.8) is 0 Å². The highest BCUT2D eigenvalue weighted by Crippen LogP contribution is 2.31. The molecule has 2 rings (SSSR count). The van der Waals surface area contributed by atoms with Crippen molar-refractivity contribution in [2.24, 2.45) is 0 Å². The summed E-state index contributed by atoms with van der Waals surface area (Å²) < 4.78 is 10.3. The van der Waals surface area contributed by atoms with Gasteiger partial charge >= 0.3 is 5.97 Å². The van der Waals surface area contributed by atoms with Crippen LogP contribution in [0.15, 0.2) is 4.52 Å². The van der Waals surface area contributed by atoms with Crippen LogP contribution in [-0.4, -0.2) is 34.4 Å². The van der Waals surface area contributed by atoms with Gasteiger partial charge in [-0.05, 0) is 24.9 Å². The quantitative estimate of drug-likeness (QED) is 0.781. The molecule has 6 heteroatoms. The lowest BCUT2D eigenvalue weighted by atomic mass is 9.85. The fourth-order valence-corrected chi connectivity index (χ4v) is 1.66. The van der Waals surface area contributed by atoms with Crippen molar-refractivity contribution in [1.82, 2.24) is 10.1 Å². The smallest absolute Gasteiger partial charge is 0.377 e. The maximum Gasteiger partial charge on any atom is 0.377 e. The van der Waals surface area contributed by atoms with Crippen LogP contribution in [0.1, 0.15) is 36.3 Å². The fraction of sp³-hybridized carbons (Fsp3) is 0.667. The van der Waals surface area contributed by atoms with Gasteiger partial charge in [0.05, 0.1) is 12.0 Å². The molecule has 82 valence electrons. The number of carbonyl (C=O) groups is 1. The fourth-order valence-electron chi connectivity index (χ4n) is 1.66. The molecule has 6 nitrogen and oxygen atoms in total. The number of rotatable bonds is 2. The van der Waals surface area contributed by atoms with Gasteiger partial charge in [-0.25, -0.2) is 4.79 Å². The van der Waals surface area contributed by atoms with E-state index in [2.05, 4.69) is 10.1 Å². The van der Waals surface area contributed by atoms with Crippen LogP contribution in [0.3, 0.4) is 0 Å². The molecular weight excluding hydrogens is 200 g/mol. The summed E-state index contributed by atoms with van der Waals surface area (Å²) >= 11 is 0. The molecule has 0 amide bonds. The van der Waals surface area contributed by atoms with Gasteiger partial charge in [-0.3, -0.25) is 0 Å². The van der Waals surface area contributed by atoms with Crippen molar-refractivity contribution < 1.29 is 19.2 Å². The number of carboxylic acids is 1.